The van der Waals surface area contributed by atoms with Crippen LogP contribution in [0.2, 0.25) is 0 Å². The van der Waals surface area contributed by atoms with Gasteiger partial charge in [-0.1, -0.05) is 0 Å². The van der Waals surface area contributed by atoms with Crippen LogP contribution in [0.25, 0.3) is 0 Å². The molecule has 32 heavy (non-hydrogen) atoms. The molecule has 0 aromatic carbocycles. The molecule has 0 fully saturated rings. The first-order valence-electron chi connectivity index (χ1n) is 6.55. The van der Waals surface area contributed by atoms with Crippen LogP contribution >= 0.6 is 0 Å². The minimum Gasteiger partial charge on any atom is -0.258 e. The molecule has 1 aromatic heterocycles. The molecule has 1 aromatic rings. The summed E-state index contributed by atoms with van der Waals surface area (Å²) in [5, 5.41) is 1.68. The van der Waals surface area contributed by atoms with E-state index in [1.807, 2.05) is 0 Å². The Hall–Kier alpha value is -0.484. The quantitative estimate of drug-likeness (QED) is 0.392. The van der Waals surface area contributed by atoms with Crippen molar-refractivity contribution in [2.24, 2.45) is 0 Å². The molecule has 3 nitrogen and oxygen atoms in total. The van der Waals surface area contributed by atoms with Crippen LogP contribution in [0, 0.1) is 0 Å². The number of nitrogens with zero attached hydrogens (tertiary/aromatic N) is 2. The van der Waals surface area contributed by atoms with Gasteiger partial charge in [0, 0.05) is 51.4 Å². The third-order valence-electron chi connectivity index (χ3n) is 3.35. The van der Waals surface area contributed by atoms with E-state index in [9.17, 15) is 79.0 Å². The van der Waals surface area contributed by atoms with E-state index in [4.69, 9.17) is 0 Å². The van der Waals surface area contributed by atoms with Gasteiger partial charge in [-0.05, 0) is 0 Å². The van der Waals surface area contributed by atoms with Crippen LogP contribution in [0.5, 0.6) is 0 Å². The summed E-state index contributed by atoms with van der Waals surface area (Å²) in [7, 11) is 0. The van der Waals surface area contributed by atoms with Gasteiger partial charge in [-0.3, -0.25) is 5.10 Å². The van der Waals surface area contributed by atoms with Crippen molar-refractivity contribution in [1.29, 1.82) is 0 Å². The third-order valence-corrected chi connectivity index (χ3v) is 3.35. The van der Waals surface area contributed by atoms with E-state index in [2.05, 4.69) is 0 Å². The summed E-state index contributed by atoms with van der Waals surface area (Å²) in [6.45, 7) is 0. The maximum absolute atomic E-state index is 13.5. The van der Waals surface area contributed by atoms with E-state index < -0.39 is 59.5 Å². The van der Waals surface area contributed by atoms with Gasteiger partial charge in [-0.25, -0.2) is 4.98 Å². The summed E-state index contributed by atoms with van der Waals surface area (Å²) in [5.41, 5.74) is 0. The smallest absolute Gasteiger partial charge is 0.258 e. The fourth-order valence-electron chi connectivity index (χ4n) is 1.58. The van der Waals surface area contributed by atoms with Gasteiger partial charge in [0.25, 0.3) is 0 Å². The molecular formula is C10HF18KN3. The molecule has 1 N–H and O–H groups in total. The number of nitrogens with one attached hydrogen (secondary N) is 1. The number of halogens is 18. The molecule has 1 heterocycles. The van der Waals surface area contributed by atoms with E-state index >= 15 is 0 Å². The zero-order chi connectivity index (χ0) is 25.3. The molecule has 0 bridgehead atoms. The number of aromatic nitrogens is 3. The molecular weight excluding hydrogens is 543 g/mol. The second-order valence-corrected chi connectivity index (χ2v) is 5.45. The molecule has 0 spiro atoms. The van der Waals surface area contributed by atoms with E-state index in [0.717, 1.165) is 0 Å². The summed E-state index contributed by atoms with van der Waals surface area (Å²) in [4.78, 5) is 1.35. The van der Waals surface area contributed by atoms with Crippen molar-refractivity contribution in [1.82, 2.24) is 15.2 Å². The summed E-state index contributed by atoms with van der Waals surface area (Å²) >= 11 is 0. The van der Waals surface area contributed by atoms with Crippen LogP contribution in [0.4, 0.5) is 79.0 Å². The minimum absolute atomic E-state index is 0. The molecule has 0 saturated heterocycles. The van der Waals surface area contributed by atoms with Crippen molar-refractivity contribution < 1.29 is 79.0 Å². The summed E-state index contributed by atoms with van der Waals surface area (Å²) in [6, 6.07) is 0. The molecule has 1 rings (SSSR count). The summed E-state index contributed by atoms with van der Waals surface area (Å²) < 4.78 is 229. The Balaban J connectivity index is 0.00000961. The Morgan fingerprint density at radius 2 is 0.781 bits per heavy atom. The Morgan fingerprint density at radius 1 is 0.469 bits per heavy atom. The van der Waals surface area contributed by atoms with Gasteiger partial charge < -0.3 is 0 Å². The van der Waals surface area contributed by atoms with E-state index in [0.29, 0.717) is 0 Å². The van der Waals surface area contributed by atoms with Crippen LogP contribution in [-0.4, -0.2) is 103 Å². The number of rotatable bonds is 6. The molecule has 0 aliphatic heterocycles. The van der Waals surface area contributed by atoms with Crippen molar-refractivity contribution in [3.8, 4) is 0 Å². The van der Waals surface area contributed by atoms with Gasteiger partial charge >= 0.3 is 47.9 Å². The molecule has 22 heteroatoms. The van der Waals surface area contributed by atoms with Crippen LogP contribution < -0.4 is 0 Å². The molecule has 0 aliphatic rings. The summed E-state index contributed by atoms with van der Waals surface area (Å²) in [5.74, 6) is -51.2. The number of hydrogen-bond acceptors (Lipinski definition) is 2. The first kappa shape index (κ1) is 31.5. The van der Waals surface area contributed by atoms with Crippen molar-refractivity contribution in [3.05, 3.63) is 11.6 Å². The second kappa shape index (κ2) is 8.32. The molecule has 0 unspecified atom stereocenters. The average Bonchev–Trinajstić information content (AvgIpc) is 3.03. The van der Waals surface area contributed by atoms with Gasteiger partial charge in [-0.2, -0.15) is 84.1 Å². The van der Waals surface area contributed by atoms with Crippen LogP contribution in [0.3, 0.4) is 0 Å². The zero-order valence-corrected chi connectivity index (χ0v) is 17.3. The second-order valence-electron chi connectivity index (χ2n) is 5.45. The predicted molar refractivity (Wildman–Crippen MR) is 61.8 cm³/mol. The van der Waals surface area contributed by atoms with Gasteiger partial charge in [-0.15, -0.1) is 0 Å². The number of aromatic amines is 1. The van der Waals surface area contributed by atoms with Crippen molar-refractivity contribution in [2.75, 3.05) is 0 Å². The standard InChI is InChI=1S/C10HF18N3.K/c11-3(12,5(15,16)7(19,20)9(23,24)25)1-29-2(31-30-1)4(13,14)6(17,18)8(21,22)10(26,27)28;/h(H,29,30,31);. The van der Waals surface area contributed by atoms with Gasteiger partial charge in [0.2, 0.25) is 11.6 Å². The first-order chi connectivity index (χ1) is 13.2. The molecule has 0 aliphatic carbocycles. The number of H-pyrrole nitrogens is 1. The molecule has 0 amide bonds. The SMILES string of the molecule is FC(F)(F)C(F)(F)C(F)(F)C(F)(F)c1n[nH]c(C(F)(F)C(F)(F)C(F)(F)C(F)(F)F)n1.[K]. The van der Waals surface area contributed by atoms with E-state index in [-0.39, 0.29) is 56.5 Å². The normalized spacial score (nSPS) is 15.6. The fraction of sp³-hybridized carbons (Fsp3) is 0.800. The monoisotopic (exact) mass is 544 g/mol. The number of hydrogen-bond donors (Lipinski definition) is 1. The average molecular weight is 544 g/mol. The maximum Gasteiger partial charge on any atom is 0.460 e. The molecule has 183 valence electrons. The molecule has 0 atom stereocenters. The Bertz CT molecular complexity index is 740. The largest absolute Gasteiger partial charge is 0.460 e. The van der Waals surface area contributed by atoms with Crippen molar-refractivity contribution in [2.45, 2.75) is 47.9 Å². The van der Waals surface area contributed by atoms with Gasteiger partial charge in [0.15, 0.2) is 0 Å². The van der Waals surface area contributed by atoms with Gasteiger partial charge in [0.05, 0.1) is 0 Å². The van der Waals surface area contributed by atoms with Crippen molar-refractivity contribution >= 4 is 51.4 Å². The molecule has 0 saturated carbocycles. The van der Waals surface area contributed by atoms with Crippen LogP contribution in [0.15, 0.2) is 0 Å². The predicted octanol–water partition coefficient (Wildman–Crippen LogP) is 5.27. The third kappa shape index (κ3) is 4.32. The minimum atomic E-state index is -7.61. The Morgan fingerprint density at radius 3 is 1.09 bits per heavy atom. The van der Waals surface area contributed by atoms with E-state index in [1.165, 1.54) is 4.98 Å². The molecule has 1 radical (unpaired) electrons. The topological polar surface area (TPSA) is 41.6 Å². The van der Waals surface area contributed by atoms with Crippen molar-refractivity contribution in [3.63, 3.8) is 0 Å². The van der Waals surface area contributed by atoms with Crippen LogP contribution in [-0.2, 0) is 11.8 Å². The zero-order valence-electron chi connectivity index (χ0n) is 14.2. The van der Waals surface area contributed by atoms with Gasteiger partial charge in [0.1, 0.15) is 0 Å². The Labute approximate surface area is 204 Å². The Kier molecular flexibility index (Phi) is 8.20. The van der Waals surface area contributed by atoms with Crippen LogP contribution in [0.1, 0.15) is 11.6 Å². The van der Waals surface area contributed by atoms with E-state index in [1.54, 1.807) is 5.10 Å². The fourth-order valence-corrected chi connectivity index (χ4v) is 1.58. The maximum atomic E-state index is 13.5. The summed E-state index contributed by atoms with van der Waals surface area (Å²) in [6.07, 6.45) is -14.8. The first-order valence-corrected chi connectivity index (χ1v) is 6.55. The number of alkyl halides is 18.